The summed E-state index contributed by atoms with van der Waals surface area (Å²) in [5.74, 6) is -2.47. The molecule has 0 bridgehead atoms. The van der Waals surface area contributed by atoms with Gasteiger partial charge in [-0.15, -0.1) is 0 Å². The van der Waals surface area contributed by atoms with Crippen molar-refractivity contribution in [2.24, 2.45) is 40.4 Å². The molecular formula is C39H64O17S. The summed E-state index contributed by atoms with van der Waals surface area (Å²) < 4.78 is 68.3. The van der Waals surface area contributed by atoms with E-state index in [4.69, 9.17) is 27.9 Å². The van der Waals surface area contributed by atoms with Crippen LogP contribution in [0.3, 0.4) is 0 Å². The van der Waals surface area contributed by atoms with Crippen molar-refractivity contribution >= 4 is 10.4 Å². The zero-order valence-corrected chi connectivity index (χ0v) is 34.1. The normalized spacial score (nSPS) is 48.8. The van der Waals surface area contributed by atoms with Crippen LogP contribution in [0.2, 0.25) is 0 Å². The lowest BCUT2D eigenvalue weighted by atomic mass is 9.43. The highest BCUT2D eigenvalue weighted by Crippen LogP contribution is 2.69. The van der Waals surface area contributed by atoms with Crippen LogP contribution >= 0.6 is 0 Å². The largest absolute Gasteiger partial charge is 0.397 e. The zero-order valence-electron chi connectivity index (χ0n) is 33.3. The molecule has 0 radical (unpaired) electrons. The molecule has 0 unspecified atom stereocenters. The van der Waals surface area contributed by atoms with Gasteiger partial charge in [0.1, 0.15) is 42.7 Å². The number of hydrogen-bond donors (Lipinski definition) is 9. The molecule has 5 fully saturated rings. The van der Waals surface area contributed by atoms with Gasteiger partial charge in [0.25, 0.3) is 0 Å². The lowest BCUT2D eigenvalue weighted by Gasteiger charge is -2.64. The average molecular weight is 837 g/mol. The minimum absolute atomic E-state index is 0.00453. The molecule has 0 aromatic heterocycles. The minimum Gasteiger partial charge on any atom is -0.390 e. The molecule has 18 heteroatoms. The van der Waals surface area contributed by atoms with Crippen molar-refractivity contribution in [2.45, 2.75) is 152 Å². The van der Waals surface area contributed by atoms with E-state index in [1.54, 1.807) is 0 Å². The number of rotatable bonds is 13. The summed E-state index contributed by atoms with van der Waals surface area (Å²) in [6.07, 6.45) is -5.26. The van der Waals surface area contributed by atoms with E-state index in [0.29, 0.717) is 37.7 Å². The quantitative estimate of drug-likeness (QED) is 0.0870. The summed E-state index contributed by atoms with van der Waals surface area (Å²) in [7, 11) is -3.70. The van der Waals surface area contributed by atoms with Gasteiger partial charge < -0.3 is 64.5 Å². The summed E-state index contributed by atoms with van der Waals surface area (Å²) in [6.45, 7) is 7.66. The van der Waals surface area contributed by atoms with E-state index < -0.39 is 118 Å². The monoisotopic (exact) mass is 836 g/mol. The van der Waals surface area contributed by atoms with Crippen LogP contribution in [0.1, 0.15) is 72.6 Å². The maximum atomic E-state index is 13.0. The Morgan fingerprint density at radius 1 is 0.912 bits per heavy atom. The predicted molar refractivity (Wildman–Crippen MR) is 199 cm³/mol. The van der Waals surface area contributed by atoms with Crippen molar-refractivity contribution in [3.05, 3.63) is 23.8 Å². The van der Waals surface area contributed by atoms with Gasteiger partial charge in [0.05, 0.1) is 43.7 Å². The highest BCUT2D eigenvalue weighted by atomic mass is 32.3. The fourth-order valence-corrected chi connectivity index (χ4v) is 12.2. The molecule has 0 amide bonds. The SMILES string of the molecule is CC[C@H](/C=C/[C@@H](C)[C@H]1[C@@H](O)[C@H](OS(=O)(=O)O)[C@@H]2[C@]1(C)CC[C@H]1[C@@]2(O)C[C@@H](O)C2=C[C@@H](O[C@@H]3OC[C@@H](O)[C@H](O)[C@H]3OC)CC[C@@]21C)CCO[C@@H]1OC[C@@H](O)[C@H](O)[C@H]1O. The third kappa shape index (κ3) is 8.54. The molecule has 57 heavy (non-hydrogen) atoms. The van der Waals surface area contributed by atoms with Gasteiger partial charge in [0.15, 0.2) is 12.6 Å². The average Bonchev–Trinajstić information content (AvgIpc) is 3.36. The van der Waals surface area contributed by atoms with E-state index in [-0.39, 0.29) is 38.1 Å². The Bertz CT molecular complexity index is 1560. The molecule has 17 nitrogen and oxygen atoms in total. The third-order valence-electron chi connectivity index (χ3n) is 14.5. The second kappa shape index (κ2) is 17.3. The van der Waals surface area contributed by atoms with Crippen LogP contribution in [0.15, 0.2) is 23.8 Å². The zero-order chi connectivity index (χ0) is 41.8. The number of fused-ring (bicyclic) bond motifs is 5. The van der Waals surface area contributed by atoms with Gasteiger partial charge in [-0.3, -0.25) is 4.55 Å². The number of methoxy groups -OCH3 is 1. The third-order valence-corrected chi connectivity index (χ3v) is 15.0. The Balaban J connectivity index is 1.21. The van der Waals surface area contributed by atoms with Crippen molar-refractivity contribution in [1.29, 1.82) is 0 Å². The van der Waals surface area contributed by atoms with Crippen LogP contribution in [0.5, 0.6) is 0 Å². The smallest absolute Gasteiger partial charge is 0.390 e. The fourth-order valence-electron chi connectivity index (χ4n) is 11.7. The first-order valence-corrected chi connectivity index (χ1v) is 21.6. The van der Waals surface area contributed by atoms with Gasteiger partial charge in [0, 0.05) is 19.4 Å². The highest BCUT2D eigenvalue weighted by molar-refractivity contribution is 7.80. The van der Waals surface area contributed by atoms with Gasteiger partial charge in [-0.1, -0.05) is 45.9 Å². The molecule has 0 spiro atoms. The Kier molecular flexibility index (Phi) is 13.8. The minimum atomic E-state index is -5.09. The number of aliphatic hydroxyl groups excluding tert-OH is 7. The molecule has 2 saturated heterocycles. The summed E-state index contributed by atoms with van der Waals surface area (Å²) in [5.41, 5.74) is -2.71. The van der Waals surface area contributed by atoms with Crippen LogP contribution in [0.4, 0.5) is 0 Å². The molecular weight excluding hydrogens is 772 g/mol. The van der Waals surface area contributed by atoms with E-state index in [1.165, 1.54) is 7.11 Å². The van der Waals surface area contributed by atoms with Crippen LogP contribution in [0.25, 0.3) is 0 Å². The molecule has 0 aromatic carbocycles. The van der Waals surface area contributed by atoms with Crippen molar-refractivity contribution in [3.63, 3.8) is 0 Å². The number of aliphatic hydroxyl groups is 8. The molecule has 9 N–H and O–H groups in total. The van der Waals surface area contributed by atoms with Crippen molar-refractivity contribution in [1.82, 2.24) is 0 Å². The maximum Gasteiger partial charge on any atom is 0.397 e. The molecule has 6 rings (SSSR count). The summed E-state index contributed by atoms with van der Waals surface area (Å²) in [5, 5.41) is 87.2. The Morgan fingerprint density at radius 2 is 1.58 bits per heavy atom. The van der Waals surface area contributed by atoms with E-state index in [0.717, 1.165) is 6.42 Å². The standard InChI is InChI=1S/C39H64O17S/c1-6-20(11-14-52-35-31(46)28(43)24(41)17-53-35)8-7-19(2)27-30(45)32(56-57(48,49)50)34-38(27,4)13-10-26-37(3)12-9-21(15-22(37)23(40)16-39(26,34)47)55-36-33(51-5)29(44)25(42)18-54-36/h7-8,15,19-21,23-36,40-47H,6,9-14,16-18H2,1-5H3,(H,48,49,50)/b8-7+/t19-,20-,21+,23-,24-,25-,26-,27+,28+,29+,30-,31-,32+,33-,34-,35-,36+,37+,38-,39+/m1/s1. The van der Waals surface area contributed by atoms with Gasteiger partial charge in [-0.2, -0.15) is 8.42 Å². The topological polar surface area (TPSA) is 272 Å². The van der Waals surface area contributed by atoms with E-state index in [9.17, 15) is 53.8 Å². The predicted octanol–water partition coefficient (Wildman–Crippen LogP) is -0.0377. The van der Waals surface area contributed by atoms with Crippen LogP contribution in [0, 0.1) is 40.4 Å². The second-order valence-corrected chi connectivity index (χ2v) is 18.9. The van der Waals surface area contributed by atoms with Crippen molar-refractivity contribution in [3.8, 4) is 0 Å². The van der Waals surface area contributed by atoms with Gasteiger partial charge in [0.2, 0.25) is 0 Å². The first-order chi connectivity index (χ1) is 26.7. The molecule has 328 valence electrons. The first kappa shape index (κ1) is 45.4. The number of hydrogen-bond acceptors (Lipinski definition) is 16. The summed E-state index contributed by atoms with van der Waals surface area (Å²) >= 11 is 0. The summed E-state index contributed by atoms with van der Waals surface area (Å²) in [6, 6.07) is 0. The van der Waals surface area contributed by atoms with Crippen LogP contribution in [-0.4, -0.2) is 160 Å². The maximum absolute atomic E-state index is 13.0. The molecule has 20 atom stereocenters. The Morgan fingerprint density at radius 3 is 2.23 bits per heavy atom. The van der Waals surface area contributed by atoms with Crippen molar-refractivity contribution < 1.29 is 81.7 Å². The van der Waals surface area contributed by atoms with Crippen LogP contribution in [-0.2, 0) is 38.3 Å². The molecule has 4 aliphatic carbocycles. The Hall–Kier alpha value is -1.17. The number of allylic oxidation sites excluding steroid dienone is 2. The molecule has 2 heterocycles. The highest BCUT2D eigenvalue weighted by Gasteiger charge is 2.73. The molecule has 3 saturated carbocycles. The number of ether oxygens (including phenoxy) is 5. The van der Waals surface area contributed by atoms with Gasteiger partial charge in [-0.25, -0.2) is 4.18 Å². The second-order valence-electron chi connectivity index (χ2n) is 17.8. The van der Waals surface area contributed by atoms with Crippen molar-refractivity contribution in [2.75, 3.05) is 26.9 Å². The lowest BCUT2D eigenvalue weighted by molar-refractivity contribution is -0.285. The first-order valence-electron chi connectivity index (χ1n) is 20.3. The molecule has 2 aliphatic heterocycles. The van der Waals surface area contributed by atoms with Gasteiger partial charge in [-0.05, 0) is 78.6 Å². The Labute approximate surface area is 334 Å². The molecule has 6 aliphatic rings. The van der Waals surface area contributed by atoms with E-state index >= 15 is 0 Å². The lowest BCUT2D eigenvalue weighted by Crippen LogP contribution is -2.66. The van der Waals surface area contributed by atoms with Gasteiger partial charge >= 0.3 is 10.4 Å². The fraction of sp³-hybridized carbons (Fsp3) is 0.897. The molecule has 0 aromatic rings. The van der Waals surface area contributed by atoms with Crippen LogP contribution < -0.4 is 0 Å². The van der Waals surface area contributed by atoms with E-state index in [1.807, 2.05) is 45.9 Å². The summed E-state index contributed by atoms with van der Waals surface area (Å²) in [4.78, 5) is 0. The van der Waals surface area contributed by atoms with E-state index in [2.05, 4.69) is 0 Å².